The van der Waals surface area contributed by atoms with Crippen LogP contribution in [0.5, 0.6) is 0 Å². The summed E-state index contributed by atoms with van der Waals surface area (Å²) in [5.74, 6) is -0.901. The average Bonchev–Trinajstić information content (AvgIpc) is 2.83. The van der Waals surface area contributed by atoms with Crippen molar-refractivity contribution in [3.8, 4) is 0 Å². The fourth-order valence-corrected chi connectivity index (χ4v) is 2.75. The van der Waals surface area contributed by atoms with Crippen LogP contribution in [0.2, 0.25) is 0 Å². The summed E-state index contributed by atoms with van der Waals surface area (Å²) in [6.07, 6.45) is 2.39. The molecule has 1 heterocycles. The van der Waals surface area contributed by atoms with Crippen molar-refractivity contribution in [3.63, 3.8) is 0 Å². The maximum atomic E-state index is 10.7. The molecule has 0 amide bonds. The minimum Gasteiger partial charge on any atom is -0.481 e. The van der Waals surface area contributed by atoms with Crippen LogP contribution in [-0.4, -0.2) is 16.1 Å². The molecule has 2 rings (SSSR count). The van der Waals surface area contributed by atoms with Gasteiger partial charge in [0.2, 0.25) is 0 Å². The van der Waals surface area contributed by atoms with E-state index in [1.807, 2.05) is 6.07 Å². The Kier molecular flexibility index (Phi) is 2.62. The van der Waals surface area contributed by atoms with Crippen molar-refractivity contribution in [2.75, 3.05) is 0 Å². The molecule has 1 aromatic heterocycles. The van der Waals surface area contributed by atoms with E-state index in [-0.39, 0.29) is 11.8 Å². The van der Waals surface area contributed by atoms with Crippen LogP contribution < -0.4 is 0 Å². The van der Waals surface area contributed by atoms with Gasteiger partial charge in [-0.05, 0) is 44.3 Å². The number of nitrogens with zero attached hydrogens (tertiary/aromatic N) is 1. The summed E-state index contributed by atoms with van der Waals surface area (Å²) in [7, 11) is 0. The summed E-state index contributed by atoms with van der Waals surface area (Å²) in [4.78, 5) is 14.9. The molecule has 1 aromatic rings. The second-order valence-electron chi connectivity index (χ2n) is 3.31. The van der Waals surface area contributed by atoms with Gasteiger partial charge in [0.1, 0.15) is 0 Å². The molecule has 1 aliphatic carbocycles. The Morgan fingerprint density at radius 3 is 2.79 bits per heavy atom. The largest absolute Gasteiger partial charge is 0.481 e. The third kappa shape index (κ3) is 1.83. The summed E-state index contributed by atoms with van der Waals surface area (Å²) >= 11 is 6.68. The van der Waals surface area contributed by atoms with E-state index in [9.17, 15) is 4.79 Å². The second kappa shape index (κ2) is 3.62. The van der Waals surface area contributed by atoms with Gasteiger partial charge >= 0.3 is 5.97 Å². The number of carbonyl (C=O) groups is 1. The minimum absolute atomic E-state index is 0.0787. The van der Waals surface area contributed by atoms with Crippen molar-refractivity contribution in [2.45, 2.75) is 12.3 Å². The SMILES string of the molecule is O=C(O)[C@@H]1C[C@H]1c1ncc(Br)cc1Br. The highest BCUT2D eigenvalue weighted by atomic mass is 79.9. The molecule has 5 heteroatoms. The van der Waals surface area contributed by atoms with Crippen LogP contribution >= 0.6 is 31.9 Å². The number of aromatic nitrogens is 1. The molecular weight excluding hydrogens is 314 g/mol. The zero-order valence-electron chi connectivity index (χ0n) is 7.08. The van der Waals surface area contributed by atoms with Crippen molar-refractivity contribution < 1.29 is 9.90 Å². The molecule has 0 bridgehead atoms. The standard InChI is InChI=1S/C9H7Br2NO2/c10-4-1-7(11)8(12-3-4)5-2-6(5)9(13)14/h1,3,5-6H,2H2,(H,13,14)/t5-,6-/m1/s1. The van der Waals surface area contributed by atoms with Gasteiger partial charge in [0.15, 0.2) is 0 Å². The number of carboxylic acids is 1. The maximum absolute atomic E-state index is 10.7. The predicted molar refractivity (Wildman–Crippen MR) is 58.1 cm³/mol. The molecule has 2 atom stereocenters. The highest BCUT2D eigenvalue weighted by molar-refractivity contribution is 9.11. The van der Waals surface area contributed by atoms with E-state index < -0.39 is 5.97 Å². The van der Waals surface area contributed by atoms with Crippen LogP contribution in [0.25, 0.3) is 0 Å². The van der Waals surface area contributed by atoms with Crippen LogP contribution in [0.3, 0.4) is 0 Å². The number of hydrogen-bond donors (Lipinski definition) is 1. The van der Waals surface area contributed by atoms with Gasteiger partial charge in [-0.2, -0.15) is 0 Å². The van der Waals surface area contributed by atoms with Crippen molar-refractivity contribution in [1.29, 1.82) is 0 Å². The summed E-state index contributed by atoms with van der Waals surface area (Å²) in [5, 5.41) is 8.78. The lowest BCUT2D eigenvalue weighted by Gasteiger charge is -2.01. The quantitative estimate of drug-likeness (QED) is 0.911. The number of hydrogen-bond acceptors (Lipinski definition) is 2. The van der Waals surface area contributed by atoms with Gasteiger partial charge in [0.25, 0.3) is 0 Å². The molecule has 74 valence electrons. The Labute approximate surface area is 97.8 Å². The first kappa shape index (κ1) is 10.1. The fourth-order valence-electron chi connectivity index (χ4n) is 1.47. The van der Waals surface area contributed by atoms with E-state index in [4.69, 9.17) is 5.11 Å². The second-order valence-corrected chi connectivity index (χ2v) is 5.08. The van der Waals surface area contributed by atoms with Gasteiger partial charge in [-0.25, -0.2) is 0 Å². The molecule has 3 nitrogen and oxygen atoms in total. The van der Waals surface area contributed by atoms with Gasteiger partial charge in [-0.15, -0.1) is 0 Å². The topological polar surface area (TPSA) is 50.2 Å². The molecule has 14 heavy (non-hydrogen) atoms. The number of halogens is 2. The molecule has 1 fully saturated rings. The molecule has 1 N–H and O–H groups in total. The van der Waals surface area contributed by atoms with E-state index in [2.05, 4.69) is 36.8 Å². The van der Waals surface area contributed by atoms with Crippen LogP contribution in [0, 0.1) is 5.92 Å². The first-order valence-electron chi connectivity index (χ1n) is 4.13. The monoisotopic (exact) mass is 319 g/mol. The van der Waals surface area contributed by atoms with E-state index in [1.165, 1.54) is 0 Å². The lowest BCUT2D eigenvalue weighted by Crippen LogP contribution is -2.00. The van der Waals surface area contributed by atoms with Gasteiger partial charge in [0, 0.05) is 21.1 Å². The Hall–Kier alpha value is -0.420. The van der Waals surface area contributed by atoms with E-state index in [0.29, 0.717) is 6.42 Å². The fraction of sp³-hybridized carbons (Fsp3) is 0.333. The molecule has 1 saturated carbocycles. The molecule has 0 spiro atoms. The van der Waals surface area contributed by atoms with Crippen LogP contribution in [-0.2, 0) is 4.79 Å². The lowest BCUT2D eigenvalue weighted by molar-refractivity contribution is -0.138. The summed E-state index contributed by atoms with van der Waals surface area (Å²) < 4.78 is 1.77. The zero-order chi connectivity index (χ0) is 10.3. The summed E-state index contributed by atoms with van der Waals surface area (Å²) in [5.41, 5.74) is 0.848. The third-order valence-corrected chi connectivity index (χ3v) is 3.36. The van der Waals surface area contributed by atoms with Crippen LogP contribution in [0.1, 0.15) is 18.0 Å². The van der Waals surface area contributed by atoms with Crippen molar-refractivity contribution in [3.05, 3.63) is 26.9 Å². The number of carboxylic acid groups (broad SMARTS) is 1. The molecule has 0 aromatic carbocycles. The Morgan fingerprint density at radius 1 is 1.57 bits per heavy atom. The highest BCUT2D eigenvalue weighted by Gasteiger charge is 2.46. The number of pyridine rings is 1. The average molecular weight is 321 g/mol. The molecule has 0 radical (unpaired) electrons. The van der Waals surface area contributed by atoms with Gasteiger partial charge in [-0.3, -0.25) is 9.78 Å². The Morgan fingerprint density at radius 2 is 2.29 bits per heavy atom. The number of aliphatic carboxylic acids is 1. The van der Waals surface area contributed by atoms with Crippen molar-refractivity contribution >= 4 is 37.8 Å². The third-order valence-electron chi connectivity index (χ3n) is 2.30. The molecule has 1 aliphatic rings. The van der Waals surface area contributed by atoms with Crippen molar-refractivity contribution in [2.24, 2.45) is 5.92 Å². The first-order chi connectivity index (χ1) is 6.59. The molecule has 0 unspecified atom stereocenters. The first-order valence-corrected chi connectivity index (χ1v) is 5.72. The van der Waals surface area contributed by atoms with Gasteiger partial charge < -0.3 is 5.11 Å². The zero-order valence-corrected chi connectivity index (χ0v) is 10.2. The van der Waals surface area contributed by atoms with E-state index in [1.54, 1.807) is 6.20 Å². The Balaban J connectivity index is 2.23. The normalized spacial score (nSPS) is 24.7. The van der Waals surface area contributed by atoms with E-state index >= 15 is 0 Å². The summed E-state index contributed by atoms with van der Waals surface area (Å²) in [6, 6.07) is 1.89. The van der Waals surface area contributed by atoms with Crippen molar-refractivity contribution in [1.82, 2.24) is 4.98 Å². The smallest absolute Gasteiger partial charge is 0.307 e. The van der Waals surface area contributed by atoms with Crippen LogP contribution in [0.4, 0.5) is 0 Å². The van der Waals surface area contributed by atoms with Gasteiger partial charge in [0.05, 0.1) is 11.6 Å². The highest BCUT2D eigenvalue weighted by Crippen LogP contribution is 2.48. The molecule has 0 saturated heterocycles. The maximum Gasteiger partial charge on any atom is 0.307 e. The number of rotatable bonds is 2. The molecule has 0 aliphatic heterocycles. The van der Waals surface area contributed by atoms with Crippen LogP contribution in [0.15, 0.2) is 21.2 Å². The molecular formula is C9H7Br2NO2. The minimum atomic E-state index is -0.730. The summed E-state index contributed by atoms with van der Waals surface area (Å²) in [6.45, 7) is 0. The Bertz CT molecular complexity index is 394. The van der Waals surface area contributed by atoms with E-state index in [0.717, 1.165) is 14.6 Å². The predicted octanol–water partition coefficient (Wildman–Crippen LogP) is 2.79. The van der Waals surface area contributed by atoms with Gasteiger partial charge in [-0.1, -0.05) is 0 Å². The lowest BCUT2D eigenvalue weighted by atomic mass is 10.2.